The molecule has 6 rings (SSSR count). The quantitative estimate of drug-likeness (QED) is 0.601. The molecule has 1 spiro atoms. The van der Waals surface area contributed by atoms with Crippen LogP contribution in [-0.4, -0.2) is 70.7 Å². The number of para-hydroxylation sites is 2. The Hall–Kier alpha value is -3.75. The number of aliphatic hydroxyl groups is 1. The number of benzene rings is 2. The van der Waals surface area contributed by atoms with Crippen LogP contribution in [0, 0.1) is 25.7 Å². The van der Waals surface area contributed by atoms with E-state index in [0.717, 1.165) is 22.5 Å². The summed E-state index contributed by atoms with van der Waals surface area (Å²) in [5.41, 5.74) is 0.946. The van der Waals surface area contributed by atoms with Gasteiger partial charge < -0.3 is 24.5 Å². The van der Waals surface area contributed by atoms with Gasteiger partial charge in [0.2, 0.25) is 11.8 Å². The normalized spacial score (nSPS) is 32.1. The zero-order valence-electron chi connectivity index (χ0n) is 23.3. The van der Waals surface area contributed by atoms with Gasteiger partial charge in [-0.05, 0) is 51.0 Å². The molecule has 3 amide bonds. The molecule has 4 heterocycles. The van der Waals surface area contributed by atoms with Gasteiger partial charge in [-0.1, -0.05) is 60.7 Å². The van der Waals surface area contributed by atoms with E-state index in [9.17, 15) is 19.5 Å². The van der Waals surface area contributed by atoms with Crippen molar-refractivity contribution in [2.75, 3.05) is 29.5 Å². The summed E-state index contributed by atoms with van der Waals surface area (Å²) in [4.78, 5) is 48.2. The third-order valence-electron chi connectivity index (χ3n) is 9.01. The van der Waals surface area contributed by atoms with E-state index in [-0.39, 0.29) is 24.3 Å². The summed E-state index contributed by atoms with van der Waals surface area (Å²) in [7, 11) is 0. The minimum atomic E-state index is -1.37. The van der Waals surface area contributed by atoms with Gasteiger partial charge in [-0.3, -0.25) is 14.4 Å². The van der Waals surface area contributed by atoms with E-state index in [2.05, 4.69) is 0 Å². The first-order valence-corrected chi connectivity index (χ1v) is 13.9. The number of aliphatic hydroxyl groups excluding tert-OH is 1. The van der Waals surface area contributed by atoms with Gasteiger partial charge >= 0.3 is 0 Å². The number of fused-ring (bicyclic) bond motifs is 2. The molecule has 0 aromatic heterocycles. The van der Waals surface area contributed by atoms with Crippen molar-refractivity contribution in [2.45, 2.75) is 51.0 Å². The zero-order chi connectivity index (χ0) is 28.4. The monoisotopic (exact) mass is 541 g/mol. The molecule has 4 aliphatic rings. The van der Waals surface area contributed by atoms with E-state index in [1.807, 2.05) is 93.6 Å². The zero-order valence-corrected chi connectivity index (χ0v) is 23.3. The molecule has 0 aliphatic carbocycles. The average molecular weight is 542 g/mol. The molecule has 2 aromatic carbocycles. The molecule has 208 valence electrons. The Morgan fingerprint density at radius 3 is 2.20 bits per heavy atom. The van der Waals surface area contributed by atoms with Gasteiger partial charge in [-0.25, -0.2) is 0 Å². The second-order valence-electron chi connectivity index (χ2n) is 11.6. The molecular weight excluding hydrogens is 506 g/mol. The molecule has 8 nitrogen and oxygen atoms in total. The van der Waals surface area contributed by atoms with Crippen LogP contribution >= 0.6 is 0 Å². The topological polar surface area (TPSA) is 90.4 Å². The lowest BCUT2D eigenvalue weighted by Crippen LogP contribution is -2.58. The van der Waals surface area contributed by atoms with Gasteiger partial charge in [-0.2, -0.15) is 0 Å². The molecule has 2 saturated heterocycles. The number of anilines is 2. The lowest BCUT2D eigenvalue weighted by Gasteiger charge is -2.39. The Kier molecular flexibility index (Phi) is 6.23. The number of carbonyl (C=O) groups is 3. The first-order valence-electron chi connectivity index (χ1n) is 13.9. The van der Waals surface area contributed by atoms with Crippen LogP contribution in [0.25, 0.3) is 0 Å². The van der Waals surface area contributed by atoms with Gasteiger partial charge in [-0.15, -0.1) is 0 Å². The minimum absolute atomic E-state index is 0.220. The molecule has 40 heavy (non-hydrogen) atoms. The molecule has 1 unspecified atom stereocenters. The van der Waals surface area contributed by atoms with Gasteiger partial charge in [0, 0.05) is 24.5 Å². The van der Waals surface area contributed by atoms with Crippen LogP contribution in [0.5, 0.6) is 0 Å². The number of carbonyl (C=O) groups excluding carboxylic acids is 3. The predicted molar refractivity (Wildman–Crippen MR) is 152 cm³/mol. The third-order valence-corrected chi connectivity index (χ3v) is 9.01. The molecule has 0 saturated carbocycles. The van der Waals surface area contributed by atoms with Crippen molar-refractivity contribution in [1.82, 2.24) is 4.90 Å². The molecule has 0 bridgehead atoms. The predicted octanol–water partition coefficient (Wildman–Crippen LogP) is 3.16. The summed E-state index contributed by atoms with van der Waals surface area (Å²) >= 11 is 0. The summed E-state index contributed by atoms with van der Waals surface area (Å²) in [5.74, 6) is -2.64. The molecule has 4 aliphatic heterocycles. The maximum Gasteiger partial charge on any atom is 0.253 e. The SMILES string of the molecule is Cc1cccc(C)c1N1CC=C[C@]23O[C@]4(C)C=CCN(c5ccccc5)C(=O)[C@@H]4[C@H]2C(=O)N([C@H](C)CO)C3C1=O. The lowest BCUT2D eigenvalue weighted by atomic mass is 9.74. The fourth-order valence-corrected chi connectivity index (χ4v) is 7.30. The number of hydrogen-bond donors (Lipinski definition) is 1. The number of hydrogen-bond acceptors (Lipinski definition) is 5. The van der Waals surface area contributed by atoms with Crippen LogP contribution in [0.2, 0.25) is 0 Å². The average Bonchev–Trinajstić information content (AvgIpc) is 3.21. The highest BCUT2D eigenvalue weighted by atomic mass is 16.5. The Labute approximate surface area is 234 Å². The molecule has 0 radical (unpaired) electrons. The van der Waals surface area contributed by atoms with Crippen molar-refractivity contribution in [1.29, 1.82) is 0 Å². The summed E-state index contributed by atoms with van der Waals surface area (Å²) < 4.78 is 6.88. The number of likely N-dealkylation sites (tertiary alicyclic amines) is 1. The molecule has 8 heteroatoms. The van der Waals surface area contributed by atoms with Crippen LogP contribution in [0.3, 0.4) is 0 Å². The summed E-state index contributed by atoms with van der Waals surface area (Å²) in [6, 6.07) is 13.6. The fraction of sp³-hybridized carbons (Fsp3) is 0.406. The van der Waals surface area contributed by atoms with Crippen LogP contribution in [0.4, 0.5) is 11.4 Å². The number of nitrogens with zero attached hydrogens (tertiary/aromatic N) is 3. The van der Waals surface area contributed by atoms with Gasteiger partial charge in [0.1, 0.15) is 11.6 Å². The largest absolute Gasteiger partial charge is 0.394 e. The lowest BCUT2D eigenvalue weighted by molar-refractivity contribution is -0.147. The van der Waals surface area contributed by atoms with Crippen LogP contribution in [-0.2, 0) is 19.1 Å². The second-order valence-corrected chi connectivity index (χ2v) is 11.6. The van der Waals surface area contributed by atoms with E-state index in [0.29, 0.717) is 13.1 Å². The number of amides is 3. The van der Waals surface area contributed by atoms with Crippen molar-refractivity contribution in [3.05, 3.63) is 84.0 Å². The number of rotatable bonds is 4. The number of aryl methyl sites for hydroxylation is 2. The van der Waals surface area contributed by atoms with Crippen molar-refractivity contribution in [3.8, 4) is 0 Å². The van der Waals surface area contributed by atoms with Crippen molar-refractivity contribution in [3.63, 3.8) is 0 Å². The minimum Gasteiger partial charge on any atom is -0.394 e. The molecular formula is C32H35N3O5. The Bertz CT molecular complexity index is 1420. The molecule has 2 aromatic rings. The summed E-state index contributed by atoms with van der Waals surface area (Å²) in [6.07, 6.45) is 7.50. The van der Waals surface area contributed by atoms with Crippen LogP contribution in [0.1, 0.15) is 25.0 Å². The number of ether oxygens (including phenoxy) is 1. The highest BCUT2D eigenvalue weighted by Gasteiger charge is 2.75. The Morgan fingerprint density at radius 2 is 1.52 bits per heavy atom. The van der Waals surface area contributed by atoms with Crippen LogP contribution in [0.15, 0.2) is 72.8 Å². The van der Waals surface area contributed by atoms with Crippen molar-refractivity contribution < 1.29 is 24.2 Å². The maximum absolute atomic E-state index is 14.6. The molecule has 6 atom stereocenters. The highest BCUT2D eigenvalue weighted by molar-refractivity contribution is 6.08. The van der Waals surface area contributed by atoms with E-state index in [4.69, 9.17) is 4.74 Å². The van der Waals surface area contributed by atoms with E-state index < -0.39 is 35.1 Å². The second kappa shape index (κ2) is 9.42. The van der Waals surface area contributed by atoms with Gasteiger partial charge in [0.25, 0.3) is 5.91 Å². The fourth-order valence-electron chi connectivity index (χ4n) is 7.30. The molecule has 1 N–H and O–H groups in total. The van der Waals surface area contributed by atoms with E-state index in [1.165, 1.54) is 4.90 Å². The van der Waals surface area contributed by atoms with Crippen LogP contribution < -0.4 is 9.80 Å². The molecule has 2 fully saturated rings. The van der Waals surface area contributed by atoms with E-state index in [1.54, 1.807) is 16.7 Å². The first kappa shape index (κ1) is 26.5. The van der Waals surface area contributed by atoms with E-state index >= 15 is 0 Å². The standard InChI is InChI=1S/C32H35N3O5/c1-20-11-8-12-21(2)26(20)34-18-10-16-32-25(29(38)35(22(3)19-36)27(32)30(34)39)24-28(37)33(23-13-6-5-7-14-23)17-9-15-31(24,4)40-32/h5-16,22,24-25,27,36H,17-19H2,1-4H3/t22-,24+,25+,27?,31-,32+/m1/s1. The highest BCUT2D eigenvalue weighted by Crippen LogP contribution is 2.58. The summed E-state index contributed by atoms with van der Waals surface area (Å²) in [5, 5.41) is 10.2. The Balaban J connectivity index is 1.51. The third kappa shape index (κ3) is 3.62. The summed E-state index contributed by atoms with van der Waals surface area (Å²) in [6.45, 7) is 7.81. The van der Waals surface area contributed by atoms with Crippen molar-refractivity contribution >= 4 is 29.1 Å². The Morgan fingerprint density at radius 1 is 0.875 bits per heavy atom. The first-order chi connectivity index (χ1) is 19.1. The van der Waals surface area contributed by atoms with Gasteiger partial charge in [0.15, 0.2) is 0 Å². The smallest absolute Gasteiger partial charge is 0.253 e. The van der Waals surface area contributed by atoms with Gasteiger partial charge in [0.05, 0.1) is 30.1 Å². The maximum atomic E-state index is 14.6. The van der Waals surface area contributed by atoms with Crippen molar-refractivity contribution in [2.24, 2.45) is 11.8 Å².